The fourth-order valence-electron chi connectivity index (χ4n) is 3.17. The van der Waals surface area contributed by atoms with Crippen molar-refractivity contribution in [2.24, 2.45) is 0 Å². The molecule has 2 saturated heterocycles. The van der Waals surface area contributed by atoms with Gasteiger partial charge in [0.1, 0.15) is 12.2 Å². The normalized spacial score (nSPS) is 24.9. The van der Waals surface area contributed by atoms with E-state index >= 15 is 0 Å². The van der Waals surface area contributed by atoms with E-state index in [1.54, 1.807) is 11.3 Å². The summed E-state index contributed by atoms with van der Waals surface area (Å²) in [5.41, 5.74) is 0.354. The van der Waals surface area contributed by atoms with Gasteiger partial charge in [-0.15, -0.1) is 11.3 Å². The number of amides is 2. The number of hydrogen-bond donors (Lipinski definition) is 1. The van der Waals surface area contributed by atoms with Gasteiger partial charge in [-0.05, 0) is 12.5 Å². The first-order valence-electron chi connectivity index (χ1n) is 7.33. The van der Waals surface area contributed by atoms with E-state index in [-0.39, 0.29) is 18.4 Å². The number of carbonyl (C=O) groups excluding carboxylic acids is 2. The molecule has 0 bridgehead atoms. The number of carbonyl (C=O) groups is 2. The first-order chi connectivity index (χ1) is 10.7. The van der Waals surface area contributed by atoms with Crippen molar-refractivity contribution in [3.63, 3.8) is 0 Å². The summed E-state index contributed by atoms with van der Waals surface area (Å²) in [6.07, 6.45) is 0.765. The average Bonchev–Trinajstić information content (AvgIpc) is 3.15. The predicted molar refractivity (Wildman–Crippen MR) is 84.0 cm³/mol. The summed E-state index contributed by atoms with van der Waals surface area (Å²) in [6, 6.07) is 7.96. The molecule has 5 nitrogen and oxygen atoms in total. The fraction of sp³-hybridized carbons (Fsp3) is 0.375. The van der Waals surface area contributed by atoms with Crippen LogP contribution in [0.1, 0.15) is 16.8 Å². The molecule has 6 heteroatoms. The summed E-state index contributed by atoms with van der Waals surface area (Å²) >= 11 is 1.59. The van der Waals surface area contributed by atoms with Gasteiger partial charge in [-0.25, -0.2) is 0 Å². The Hall–Kier alpha value is -1.92. The molecular formula is C16H16N2O3S. The molecule has 1 spiro atoms. The second kappa shape index (κ2) is 5.07. The quantitative estimate of drug-likeness (QED) is 0.870. The third-order valence-electron chi connectivity index (χ3n) is 4.43. The maximum atomic E-state index is 12.8. The number of morpholine rings is 1. The van der Waals surface area contributed by atoms with Crippen molar-refractivity contribution in [2.75, 3.05) is 26.2 Å². The molecule has 0 aliphatic carbocycles. The number of likely N-dealkylation sites (tertiary alicyclic amines) is 1. The van der Waals surface area contributed by atoms with Crippen LogP contribution >= 0.6 is 11.3 Å². The van der Waals surface area contributed by atoms with E-state index in [2.05, 4.69) is 5.32 Å². The van der Waals surface area contributed by atoms with Crippen LogP contribution in [0.2, 0.25) is 0 Å². The van der Waals surface area contributed by atoms with Crippen molar-refractivity contribution < 1.29 is 14.3 Å². The van der Waals surface area contributed by atoms with E-state index in [4.69, 9.17) is 4.74 Å². The lowest BCUT2D eigenvalue weighted by molar-refractivity contribution is -0.141. The lowest BCUT2D eigenvalue weighted by Crippen LogP contribution is -2.54. The molecule has 2 amide bonds. The number of benzene rings is 1. The van der Waals surface area contributed by atoms with Crippen LogP contribution in [-0.2, 0) is 9.53 Å². The van der Waals surface area contributed by atoms with Crippen LogP contribution in [-0.4, -0.2) is 48.6 Å². The Kier molecular flexibility index (Phi) is 3.16. The molecule has 22 heavy (non-hydrogen) atoms. The van der Waals surface area contributed by atoms with Gasteiger partial charge in [0.05, 0.1) is 12.1 Å². The van der Waals surface area contributed by atoms with Gasteiger partial charge in [-0.3, -0.25) is 9.59 Å². The Morgan fingerprint density at radius 2 is 2.23 bits per heavy atom. The molecule has 2 aliphatic rings. The summed E-state index contributed by atoms with van der Waals surface area (Å²) in [4.78, 5) is 25.9. The Morgan fingerprint density at radius 3 is 3.05 bits per heavy atom. The molecule has 1 unspecified atom stereocenters. The second-order valence-corrected chi connectivity index (χ2v) is 6.78. The number of thiophene rings is 1. The van der Waals surface area contributed by atoms with E-state index in [1.807, 2.05) is 34.5 Å². The minimum atomic E-state index is -0.407. The van der Waals surface area contributed by atoms with E-state index in [1.165, 1.54) is 0 Å². The SMILES string of the molecule is O=C1COC2(CCN(C(=O)c3csc4ccccc34)C2)CN1. The number of nitrogens with one attached hydrogen (secondary N) is 1. The number of nitrogens with zero attached hydrogens (tertiary/aromatic N) is 1. The Balaban J connectivity index is 1.56. The summed E-state index contributed by atoms with van der Waals surface area (Å²) < 4.78 is 6.85. The molecule has 114 valence electrons. The van der Waals surface area contributed by atoms with Crippen molar-refractivity contribution in [3.8, 4) is 0 Å². The Labute approximate surface area is 131 Å². The molecule has 1 aromatic heterocycles. The van der Waals surface area contributed by atoms with Crippen molar-refractivity contribution in [3.05, 3.63) is 35.2 Å². The van der Waals surface area contributed by atoms with E-state index in [9.17, 15) is 9.59 Å². The first kappa shape index (κ1) is 13.7. The minimum absolute atomic E-state index is 0.0508. The molecule has 2 aromatic rings. The third kappa shape index (κ3) is 2.19. The molecule has 4 rings (SSSR count). The van der Waals surface area contributed by atoms with Gasteiger partial charge < -0.3 is 15.0 Å². The van der Waals surface area contributed by atoms with Crippen LogP contribution in [0.4, 0.5) is 0 Å². The van der Waals surface area contributed by atoms with Crippen LogP contribution in [0.3, 0.4) is 0 Å². The maximum absolute atomic E-state index is 12.8. The highest BCUT2D eigenvalue weighted by atomic mass is 32.1. The summed E-state index contributed by atoms with van der Waals surface area (Å²) in [7, 11) is 0. The fourth-order valence-corrected chi connectivity index (χ4v) is 4.11. The number of ether oxygens (including phenoxy) is 1. The zero-order valence-corrected chi connectivity index (χ0v) is 12.8. The third-order valence-corrected chi connectivity index (χ3v) is 5.40. The van der Waals surface area contributed by atoms with Crippen LogP contribution in [0.15, 0.2) is 29.6 Å². The second-order valence-electron chi connectivity index (χ2n) is 5.87. The molecule has 1 atom stereocenters. The van der Waals surface area contributed by atoms with Gasteiger partial charge in [0.15, 0.2) is 0 Å². The average molecular weight is 316 g/mol. The van der Waals surface area contributed by atoms with Gasteiger partial charge in [0.2, 0.25) is 5.91 Å². The van der Waals surface area contributed by atoms with E-state index < -0.39 is 5.60 Å². The molecule has 1 aromatic carbocycles. The molecular weight excluding hydrogens is 300 g/mol. The lowest BCUT2D eigenvalue weighted by atomic mass is 10.0. The predicted octanol–water partition coefficient (Wildman–Crippen LogP) is 1.63. The highest BCUT2D eigenvalue weighted by Gasteiger charge is 2.44. The topological polar surface area (TPSA) is 58.6 Å². The highest BCUT2D eigenvalue weighted by Crippen LogP contribution is 2.31. The van der Waals surface area contributed by atoms with Gasteiger partial charge in [0.25, 0.3) is 5.91 Å². The Bertz CT molecular complexity index is 745. The highest BCUT2D eigenvalue weighted by molar-refractivity contribution is 7.17. The van der Waals surface area contributed by atoms with Gasteiger partial charge in [0, 0.05) is 28.6 Å². The number of rotatable bonds is 1. The van der Waals surface area contributed by atoms with E-state index in [0.29, 0.717) is 19.6 Å². The number of fused-ring (bicyclic) bond motifs is 1. The van der Waals surface area contributed by atoms with Crippen LogP contribution < -0.4 is 5.32 Å². The van der Waals surface area contributed by atoms with Crippen molar-refractivity contribution in [2.45, 2.75) is 12.0 Å². The zero-order valence-electron chi connectivity index (χ0n) is 12.0. The molecule has 2 fully saturated rings. The Morgan fingerprint density at radius 1 is 1.36 bits per heavy atom. The van der Waals surface area contributed by atoms with Crippen molar-refractivity contribution >= 4 is 33.2 Å². The minimum Gasteiger partial charge on any atom is -0.361 e. The number of hydrogen-bond acceptors (Lipinski definition) is 4. The van der Waals surface area contributed by atoms with Crippen LogP contribution in [0.25, 0.3) is 10.1 Å². The molecule has 2 aliphatic heterocycles. The van der Waals surface area contributed by atoms with Gasteiger partial charge in [-0.1, -0.05) is 18.2 Å². The molecule has 0 radical (unpaired) electrons. The largest absolute Gasteiger partial charge is 0.361 e. The molecule has 1 N–H and O–H groups in total. The van der Waals surface area contributed by atoms with Crippen LogP contribution in [0.5, 0.6) is 0 Å². The molecule has 0 saturated carbocycles. The van der Waals surface area contributed by atoms with Gasteiger partial charge >= 0.3 is 0 Å². The van der Waals surface area contributed by atoms with Crippen molar-refractivity contribution in [1.82, 2.24) is 10.2 Å². The first-order valence-corrected chi connectivity index (χ1v) is 8.21. The van der Waals surface area contributed by atoms with Gasteiger partial charge in [-0.2, -0.15) is 0 Å². The summed E-state index contributed by atoms with van der Waals surface area (Å²) in [6.45, 7) is 1.78. The van der Waals surface area contributed by atoms with Crippen molar-refractivity contribution in [1.29, 1.82) is 0 Å². The standard InChI is InChI=1S/C16H16N2O3S/c19-14-7-21-16(9-17-14)5-6-18(10-16)15(20)12-8-22-13-4-2-1-3-11(12)13/h1-4,8H,5-7,9-10H2,(H,17,19). The summed E-state index contributed by atoms with van der Waals surface area (Å²) in [5, 5.41) is 5.78. The van der Waals surface area contributed by atoms with E-state index in [0.717, 1.165) is 22.1 Å². The monoisotopic (exact) mass is 316 g/mol. The zero-order chi connectivity index (χ0) is 15.2. The van der Waals surface area contributed by atoms with Crippen LogP contribution in [0, 0.1) is 0 Å². The maximum Gasteiger partial charge on any atom is 0.255 e. The summed E-state index contributed by atoms with van der Waals surface area (Å²) in [5.74, 6) is -0.0333. The lowest BCUT2D eigenvalue weighted by Gasteiger charge is -2.33. The smallest absolute Gasteiger partial charge is 0.255 e. The molecule has 3 heterocycles.